The lowest BCUT2D eigenvalue weighted by atomic mass is 10.0. The standard InChI is InChI=1S/C19H27NO4/c1-20(18(21)8-4-7-15-5-2-3-6-15)13-16-9-11-17(12-10-16)24-14-19(22)23/h9-12,15H,2-8,13-14H2,1H3,(H,22,23). The predicted molar refractivity (Wildman–Crippen MR) is 91.9 cm³/mol. The number of benzene rings is 1. The average molecular weight is 333 g/mol. The Hall–Kier alpha value is -2.04. The third kappa shape index (κ3) is 6.22. The van der Waals surface area contributed by atoms with Gasteiger partial charge in [0.1, 0.15) is 5.75 Å². The van der Waals surface area contributed by atoms with Crippen LogP contribution in [-0.2, 0) is 16.1 Å². The molecule has 1 N–H and O–H groups in total. The molecular formula is C19H27NO4. The lowest BCUT2D eigenvalue weighted by Crippen LogP contribution is -2.25. The SMILES string of the molecule is CN(Cc1ccc(OCC(=O)O)cc1)C(=O)CCCC1CCCC1. The van der Waals surface area contributed by atoms with Gasteiger partial charge in [0, 0.05) is 20.0 Å². The molecule has 1 amide bonds. The fraction of sp³-hybridized carbons (Fsp3) is 0.579. The summed E-state index contributed by atoms with van der Waals surface area (Å²) in [5.74, 6) is 0.536. The molecule has 0 saturated heterocycles. The van der Waals surface area contributed by atoms with E-state index in [1.807, 2.05) is 19.2 Å². The Morgan fingerprint density at radius 3 is 2.50 bits per heavy atom. The van der Waals surface area contributed by atoms with Gasteiger partial charge in [-0.25, -0.2) is 4.79 Å². The fourth-order valence-electron chi connectivity index (χ4n) is 3.23. The highest BCUT2D eigenvalue weighted by Gasteiger charge is 2.16. The van der Waals surface area contributed by atoms with Gasteiger partial charge in [0.05, 0.1) is 0 Å². The number of carbonyl (C=O) groups is 2. The van der Waals surface area contributed by atoms with Crippen LogP contribution in [0.3, 0.4) is 0 Å². The van der Waals surface area contributed by atoms with E-state index < -0.39 is 5.97 Å². The van der Waals surface area contributed by atoms with Crippen molar-refractivity contribution in [2.45, 2.75) is 51.5 Å². The summed E-state index contributed by atoms with van der Waals surface area (Å²) in [5, 5.41) is 8.58. The molecule has 1 aliphatic carbocycles. The van der Waals surface area contributed by atoms with Crippen LogP contribution in [0, 0.1) is 5.92 Å². The van der Waals surface area contributed by atoms with Gasteiger partial charge in [0.25, 0.3) is 0 Å². The number of carboxylic acids is 1. The van der Waals surface area contributed by atoms with Crippen molar-refractivity contribution >= 4 is 11.9 Å². The summed E-state index contributed by atoms with van der Waals surface area (Å²) in [6.07, 6.45) is 8.15. The smallest absolute Gasteiger partial charge is 0.341 e. The molecule has 5 nitrogen and oxygen atoms in total. The highest BCUT2D eigenvalue weighted by Crippen LogP contribution is 2.29. The molecule has 0 radical (unpaired) electrons. The molecule has 0 aliphatic heterocycles. The van der Waals surface area contributed by atoms with Crippen molar-refractivity contribution in [1.29, 1.82) is 0 Å². The second-order valence-corrected chi connectivity index (χ2v) is 6.62. The summed E-state index contributed by atoms with van der Waals surface area (Å²) >= 11 is 0. The van der Waals surface area contributed by atoms with Gasteiger partial charge in [-0.2, -0.15) is 0 Å². The van der Waals surface area contributed by atoms with Gasteiger partial charge in [-0.3, -0.25) is 4.79 Å². The van der Waals surface area contributed by atoms with Gasteiger partial charge < -0.3 is 14.7 Å². The molecular weight excluding hydrogens is 306 g/mol. The van der Waals surface area contributed by atoms with E-state index in [2.05, 4.69) is 0 Å². The summed E-state index contributed by atoms with van der Waals surface area (Å²) in [7, 11) is 1.83. The average Bonchev–Trinajstić information content (AvgIpc) is 3.07. The summed E-state index contributed by atoms with van der Waals surface area (Å²) in [5.41, 5.74) is 1.00. The van der Waals surface area contributed by atoms with Crippen molar-refractivity contribution in [2.75, 3.05) is 13.7 Å². The third-order valence-corrected chi connectivity index (χ3v) is 4.61. The minimum atomic E-state index is -0.998. The van der Waals surface area contributed by atoms with E-state index in [1.165, 1.54) is 32.1 Å². The number of ether oxygens (including phenoxy) is 1. The third-order valence-electron chi connectivity index (χ3n) is 4.61. The van der Waals surface area contributed by atoms with Gasteiger partial charge in [-0.05, 0) is 36.5 Å². The topological polar surface area (TPSA) is 66.8 Å². The Morgan fingerprint density at radius 2 is 1.88 bits per heavy atom. The number of carboxylic acid groups (broad SMARTS) is 1. The van der Waals surface area contributed by atoms with Crippen LogP contribution in [0.5, 0.6) is 5.75 Å². The van der Waals surface area contributed by atoms with Crippen molar-refractivity contribution in [3.05, 3.63) is 29.8 Å². The molecule has 2 rings (SSSR count). The van der Waals surface area contributed by atoms with Crippen LogP contribution >= 0.6 is 0 Å². The first-order chi connectivity index (χ1) is 11.5. The molecule has 0 aromatic heterocycles. The number of aliphatic carboxylic acids is 1. The van der Waals surface area contributed by atoms with E-state index in [1.54, 1.807) is 17.0 Å². The number of hydrogen-bond donors (Lipinski definition) is 1. The highest BCUT2D eigenvalue weighted by molar-refractivity contribution is 5.75. The van der Waals surface area contributed by atoms with Crippen LogP contribution in [0.1, 0.15) is 50.5 Å². The number of carbonyl (C=O) groups excluding carboxylic acids is 1. The molecule has 0 bridgehead atoms. The monoisotopic (exact) mass is 333 g/mol. The molecule has 1 aromatic carbocycles. The maximum atomic E-state index is 12.2. The van der Waals surface area contributed by atoms with Crippen LogP contribution in [0.15, 0.2) is 24.3 Å². The second-order valence-electron chi connectivity index (χ2n) is 6.62. The first-order valence-corrected chi connectivity index (χ1v) is 8.72. The summed E-state index contributed by atoms with van der Waals surface area (Å²) in [6, 6.07) is 7.19. The second kappa shape index (κ2) is 9.30. The van der Waals surface area contributed by atoms with Crippen molar-refractivity contribution in [2.24, 2.45) is 5.92 Å². The van der Waals surface area contributed by atoms with Gasteiger partial charge >= 0.3 is 5.97 Å². The number of nitrogens with zero attached hydrogens (tertiary/aromatic N) is 1. The van der Waals surface area contributed by atoms with Crippen molar-refractivity contribution < 1.29 is 19.4 Å². The fourth-order valence-corrected chi connectivity index (χ4v) is 3.23. The lowest BCUT2D eigenvalue weighted by Gasteiger charge is -2.18. The zero-order valence-corrected chi connectivity index (χ0v) is 14.4. The Bertz CT molecular complexity index is 535. The van der Waals surface area contributed by atoms with E-state index in [-0.39, 0.29) is 12.5 Å². The van der Waals surface area contributed by atoms with Crippen LogP contribution in [0.2, 0.25) is 0 Å². The molecule has 0 atom stereocenters. The largest absolute Gasteiger partial charge is 0.482 e. The lowest BCUT2D eigenvalue weighted by molar-refractivity contribution is -0.139. The summed E-state index contributed by atoms with van der Waals surface area (Å²) in [6.45, 7) is 0.209. The molecule has 1 saturated carbocycles. The van der Waals surface area contributed by atoms with Crippen LogP contribution in [0.4, 0.5) is 0 Å². The maximum Gasteiger partial charge on any atom is 0.341 e. The number of hydrogen-bond acceptors (Lipinski definition) is 3. The number of rotatable bonds is 9. The molecule has 1 aromatic rings. The van der Waals surface area contributed by atoms with Crippen molar-refractivity contribution in [3.8, 4) is 5.75 Å². The maximum absolute atomic E-state index is 12.2. The molecule has 1 fully saturated rings. The van der Waals surface area contributed by atoms with E-state index in [4.69, 9.17) is 9.84 Å². The Labute approximate surface area is 143 Å². The first-order valence-electron chi connectivity index (χ1n) is 8.72. The van der Waals surface area contributed by atoms with Gasteiger partial charge in [0.2, 0.25) is 5.91 Å². The van der Waals surface area contributed by atoms with E-state index >= 15 is 0 Å². The Balaban J connectivity index is 1.70. The predicted octanol–water partition coefficient (Wildman–Crippen LogP) is 3.47. The quantitative estimate of drug-likeness (QED) is 0.751. The molecule has 1 aliphatic rings. The van der Waals surface area contributed by atoms with Crippen LogP contribution < -0.4 is 4.74 Å². The zero-order valence-electron chi connectivity index (χ0n) is 14.4. The Morgan fingerprint density at radius 1 is 1.21 bits per heavy atom. The highest BCUT2D eigenvalue weighted by atomic mass is 16.5. The molecule has 0 spiro atoms. The summed E-state index contributed by atoms with van der Waals surface area (Å²) < 4.78 is 5.10. The molecule has 0 heterocycles. The molecule has 5 heteroatoms. The zero-order chi connectivity index (χ0) is 17.4. The van der Waals surface area contributed by atoms with Crippen LogP contribution in [-0.4, -0.2) is 35.5 Å². The first kappa shape index (κ1) is 18.3. The van der Waals surface area contributed by atoms with Crippen LogP contribution in [0.25, 0.3) is 0 Å². The minimum Gasteiger partial charge on any atom is -0.482 e. The van der Waals surface area contributed by atoms with Crippen molar-refractivity contribution in [1.82, 2.24) is 4.90 Å². The molecule has 24 heavy (non-hydrogen) atoms. The molecule has 132 valence electrons. The summed E-state index contributed by atoms with van der Waals surface area (Å²) in [4.78, 5) is 24.4. The van der Waals surface area contributed by atoms with Gasteiger partial charge in [0.15, 0.2) is 6.61 Å². The van der Waals surface area contributed by atoms with E-state index in [0.29, 0.717) is 18.7 Å². The number of amides is 1. The minimum absolute atomic E-state index is 0.180. The van der Waals surface area contributed by atoms with E-state index in [0.717, 1.165) is 17.9 Å². The van der Waals surface area contributed by atoms with Crippen molar-refractivity contribution in [3.63, 3.8) is 0 Å². The molecule has 0 unspecified atom stereocenters. The van der Waals surface area contributed by atoms with Gasteiger partial charge in [-0.1, -0.05) is 37.8 Å². The van der Waals surface area contributed by atoms with Gasteiger partial charge in [-0.15, -0.1) is 0 Å². The van der Waals surface area contributed by atoms with E-state index in [9.17, 15) is 9.59 Å². The normalized spacial score (nSPS) is 14.5. The Kier molecular flexibility index (Phi) is 7.09.